The predicted molar refractivity (Wildman–Crippen MR) is 81.3 cm³/mol. The van der Waals surface area contributed by atoms with Gasteiger partial charge in [-0.3, -0.25) is 9.88 Å². The van der Waals surface area contributed by atoms with Gasteiger partial charge in [0.1, 0.15) is 5.82 Å². The Bertz CT molecular complexity index is 588. The normalized spacial score (nSPS) is 23.1. The largest absolute Gasteiger partial charge is 0.307 e. The second kappa shape index (κ2) is 6.33. The van der Waals surface area contributed by atoms with Crippen LogP contribution < -0.4 is 5.32 Å². The van der Waals surface area contributed by atoms with Gasteiger partial charge in [-0.1, -0.05) is 30.3 Å². The Morgan fingerprint density at radius 2 is 2.10 bits per heavy atom. The summed E-state index contributed by atoms with van der Waals surface area (Å²) in [6, 6.07) is 12.8. The minimum Gasteiger partial charge on any atom is -0.307 e. The van der Waals surface area contributed by atoms with E-state index in [0.717, 1.165) is 25.2 Å². The topological polar surface area (TPSA) is 28.2 Å². The fraction of sp³-hybridized carbons (Fsp3) is 0.353. The molecule has 1 aromatic heterocycles. The molecule has 3 nitrogen and oxygen atoms in total. The number of halogens is 1. The Balaban J connectivity index is 1.72. The molecule has 1 fully saturated rings. The highest BCUT2D eigenvalue weighted by Gasteiger charge is 2.25. The highest BCUT2D eigenvalue weighted by Crippen LogP contribution is 2.21. The van der Waals surface area contributed by atoms with Crippen molar-refractivity contribution < 1.29 is 4.39 Å². The summed E-state index contributed by atoms with van der Waals surface area (Å²) in [6.45, 7) is 4.78. The summed E-state index contributed by atoms with van der Waals surface area (Å²) in [5.74, 6) is -0.269. The van der Waals surface area contributed by atoms with Gasteiger partial charge in [-0.2, -0.15) is 0 Å². The molecule has 3 rings (SSSR count). The van der Waals surface area contributed by atoms with Crippen LogP contribution in [0.1, 0.15) is 24.1 Å². The summed E-state index contributed by atoms with van der Waals surface area (Å²) in [4.78, 5) is 6.31. The molecule has 0 amide bonds. The molecular weight excluding hydrogens is 265 g/mol. The predicted octanol–water partition coefficient (Wildman–Crippen LogP) is 2.76. The molecule has 2 heterocycles. The van der Waals surface area contributed by atoms with E-state index in [1.54, 1.807) is 12.3 Å². The Hall–Kier alpha value is -1.78. The second-order valence-corrected chi connectivity index (χ2v) is 5.66. The van der Waals surface area contributed by atoms with Crippen LogP contribution in [0.5, 0.6) is 0 Å². The fourth-order valence-electron chi connectivity index (χ4n) is 2.83. The Labute approximate surface area is 124 Å². The van der Waals surface area contributed by atoms with E-state index in [1.165, 1.54) is 11.8 Å². The van der Waals surface area contributed by atoms with E-state index in [9.17, 15) is 4.39 Å². The van der Waals surface area contributed by atoms with Crippen LogP contribution in [0.4, 0.5) is 4.39 Å². The summed E-state index contributed by atoms with van der Waals surface area (Å²) in [5.41, 5.74) is 2.22. The van der Waals surface area contributed by atoms with Crippen molar-refractivity contribution >= 4 is 0 Å². The zero-order valence-corrected chi connectivity index (χ0v) is 12.2. The lowest BCUT2D eigenvalue weighted by Crippen LogP contribution is -2.50. The number of benzene rings is 1. The number of aromatic nitrogens is 1. The van der Waals surface area contributed by atoms with Crippen LogP contribution in [0, 0.1) is 5.82 Å². The monoisotopic (exact) mass is 285 g/mol. The zero-order chi connectivity index (χ0) is 14.7. The Morgan fingerprint density at radius 3 is 2.86 bits per heavy atom. The lowest BCUT2D eigenvalue weighted by Gasteiger charge is -2.39. The molecule has 0 spiro atoms. The third-order valence-corrected chi connectivity index (χ3v) is 4.05. The van der Waals surface area contributed by atoms with Crippen molar-refractivity contribution in [3.05, 3.63) is 65.7 Å². The maximum atomic E-state index is 13.3. The molecule has 0 saturated carbocycles. The van der Waals surface area contributed by atoms with Crippen molar-refractivity contribution in [2.45, 2.75) is 25.6 Å². The number of piperazine rings is 1. The number of nitrogens with one attached hydrogen (secondary N) is 1. The van der Waals surface area contributed by atoms with E-state index >= 15 is 0 Å². The highest BCUT2D eigenvalue weighted by molar-refractivity contribution is 5.20. The van der Waals surface area contributed by atoms with Gasteiger partial charge in [0.25, 0.3) is 0 Å². The lowest BCUT2D eigenvalue weighted by molar-refractivity contribution is 0.133. The van der Waals surface area contributed by atoms with E-state index in [1.807, 2.05) is 6.07 Å². The van der Waals surface area contributed by atoms with Crippen molar-refractivity contribution in [3.8, 4) is 0 Å². The van der Waals surface area contributed by atoms with Gasteiger partial charge in [-0.15, -0.1) is 0 Å². The first-order valence-electron chi connectivity index (χ1n) is 7.34. The molecule has 2 unspecified atom stereocenters. The van der Waals surface area contributed by atoms with Gasteiger partial charge < -0.3 is 5.32 Å². The summed E-state index contributed by atoms with van der Waals surface area (Å²) in [7, 11) is 0. The van der Waals surface area contributed by atoms with Crippen LogP contribution in [0.3, 0.4) is 0 Å². The fourth-order valence-corrected chi connectivity index (χ4v) is 2.83. The first kappa shape index (κ1) is 14.2. The molecule has 1 N–H and O–H groups in total. The lowest BCUT2D eigenvalue weighted by atomic mass is 10.0. The van der Waals surface area contributed by atoms with Crippen molar-refractivity contribution in [1.29, 1.82) is 0 Å². The maximum Gasteiger partial charge on any atom is 0.141 e. The van der Waals surface area contributed by atoms with Crippen molar-refractivity contribution in [3.63, 3.8) is 0 Å². The van der Waals surface area contributed by atoms with Crippen LogP contribution in [-0.2, 0) is 6.54 Å². The first-order chi connectivity index (χ1) is 10.2. The first-order valence-corrected chi connectivity index (χ1v) is 7.34. The smallest absolute Gasteiger partial charge is 0.141 e. The third kappa shape index (κ3) is 3.46. The third-order valence-electron chi connectivity index (χ3n) is 4.05. The van der Waals surface area contributed by atoms with E-state index in [-0.39, 0.29) is 5.82 Å². The summed E-state index contributed by atoms with van der Waals surface area (Å²) in [6.07, 6.45) is 2.99. The van der Waals surface area contributed by atoms with Crippen LogP contribution in [-0.4, -0.2) is 29.0 Å². The van der Waals surface area contributed by atoms with E-state index in [4.69, 9.17) is 0 Å². The van der Waals surface area contributed by atoms with Gasteiger partial charge >= 0.3 is 0 Å². The van der Waals surface area contributed by atoms with Gasteiger partial charge in [-0.05, 0) is 24.1 Å². The number of rotatable bonds is 3. The molecule has 110 valence electrons. The summed E-state index contributed by atoms with van der Waals surface area (Å²) in [5, 5.41) is 3.58. The molecule has 0 radical (unpaired) electrons. The highest BCUT2D eigenvalue weighted by atomic mass is 19.1. The minimum atomic E-state index is -0.269. The van der Waals surface area contributed by atoms with Crippen molar-refractivity contribution in [1.82, 2.24) is 15.2 Å². The van der Waals surface area contributed by atoms with Crippen molar-refractivity contribution in [2.24, 2.45) is 0 Å². The van der Waals surface area contributed by atoms with Gasteiger partial charge in [0.15, 0.2) is 0 Å². The molecule has 0 aliphatic carbocycles. The molecule has 1 aliphatic rings. The van der Waals surface area contributed by atoms with Crippen LogP contribution in [0.15, 0.2) is 48.8 Å². The standard InChI is InChI=1S/C17H20FN3/c1-13-8-20-17(15-5-3-2-4-6-15)12-21(13)11-14-7-16(18)10-19-9-14/h2-7,9-10,13,17,20H,8,11-12H2,1H3. The molecule has 21 heavy (non-hydrogen) atoms. The van der Waals surface area contributed by atoms with Crippen LogP contribution >= 0.6 is 0 Å². The Morgan fingerprint density at radius 1 is 1.29 bits per heavy atom. The van der Waals surface area contributed by atoms with Crippen LogP contribution in [0.2, 0.25) is 0 Å². The molecular formula is C17H20FN3. The van der Waals surface area contributed by atoms with Crippen molar-refractivity contribution in [2.75, 3.05) is 13.1 Å². The molecule has 2 aromatic rings. The molecule has 2 atom stereocenters. The summed E-state index contributed by atoms with van der Waals surface area (Å²) < 4.78 is 13.3. The number of pyridine rings is 1. The average Bonchev–Trinajstić information content (AvgIpc) is 2.50. The number of hydrogen-bond acceptors (Lipinski definition) is 3. The minimum absolute atomic E-state index is 0.269. The second-order valence-electron chi connectivity index (χ2n) is 5.66. The zero-order valence-electron chi connectivity index (χ0n) is 12.2. The molecule has 4 heteroatoms. The van der Waals surface area contributed by atoms with Gasteiger partial charge in [0.2, 0.25) is 0 Å². The number of nitrogens with zero attached hydrogens (tertiary/aromatic N) is 2. The quantitative estimate of drug-likeness (QED) is 0.940. The van der Waals surface area contributed by atoms with Gasteiger partial charge in [0, 0.05) is 37.9 Å². The van der Waals surface area contributed by atoms with E-state index in [0.29, 0.717) is 12.1 Å². The Kier molecular flexibility index (Phi) is 4.27. The molecule has 1 aliphatic heterocycles. The number of hydrogen-bond donors (Lipinski definition) is 1. The summed E-state index contributed by atoms with van der Waals surface area (Å²) >= 11 is 0. The molecule has 0 bridgehead atoms. The molecule has 1 saturated heterocycles. The van der Waals surface area contributed by atoms with Crippen LogP contribution in [0.25, 0.3) is 0 Å². The van der Waals surface area contributed by atoms with E-state index < -0.39 is 0 Å². The SMILES string of the molecule is CC1CNC(c2ccccc2)CN1Cc1cncc(F)c1. The maximum absolute atomic E-state index is 13.3. The van der Waals surface area contributed by atoms with Gasteiger partial charge in [-0.25, -0.2) is 4.39 Å². The van der Waals surface area contributed by atoms with E-state index in [2.05, 4.69) is 46.4 Å². The molecule has 1 aromatic carbocycles. The van der Waals surface area contributed by atoms with Gasteiger partial charge in [0.05, 0.1) is 6.20 Å². The average molecular weight is 285 g/mol.